The largest absolute Gasteiger partial charge is 0.493 e. The SMILES string of the molecule is COc1c(Cl)cccc1Nc1c(-c2ccnc3ccc(OCCN4CCOCC4)nc23)[nH]c2c1C(=O)CCC2. The summed E-state index contributed by atoms with van der Waals surface area (Å²) in [7, 11) is 1.58. The van der Waals surface area contributed by atoms with Crippen molar-refractivity contribution in [3.8, 4) is 22.9 Å². The number of anilines is 2. The number of pyridine rings is 2. The molecular formula is C29H30ClN5O4. The molecule has 0 spiro atoms. The van der Waals surface area contributed by atoms with E-state index in [0.29, 0.717) is 52.1 Å². The van der Waals surface area contributed by atoms with Gasteiger partial charge in [0.1, 0.15) is 12.1 Å². The fraction of sp³-hybridized carbons (Fsp3) is 0.345. The van der Waals surface area contributed by atoms with Gasteiger partial charge in [0.05, 0.1) is 53.5 Å². The summed E-state index contributed by atoms with van der Waals surface area (Å²) in [4.78, 5) is 28.4. The van der Waals surface area contributed by atoms with E-state index in [4.69, 9.17) is 30.8 Å². The molecule has 2 aliphatic rings. The molecule has 9 nitrogen and oxygen atoms in total. The summed E-state index contributed by atoms with van der Waals surface area (Å²) in [5.74, 6) is 1.14. The molecule has 2 N–H and O–H groups in total. The first kappa shape index (κ1) is 25.6. The lowest BCUT2D eigenvalue weighted by molar-refractivity contribution is 0.0320. The van der Waals surface area contributed by atoms with Crippen LogP contribution in [-0.4, -0.2) is 72.2 Å². The van der Waals surface area contributed by atoms with Crippen LogP contribution in [0.1, 0.15) is 28.9 Å². The lowest BCUT2D eigenvalue weighted by Gasteiger charge is -2.26. The van der Waals surface area contributed by atoms with Gasteiger partial charge in [0.15, 0.2) is 11.5 Å². The number of ether oxygens (including phenoxy) is 3. The maximum Gasteiger partial charge on any atom is 0.213 e. The predicted octanol–water partition coefficient (Wildman–Crippen LogP) is 5.26. The number of Topliss-reactive ketones (excluding diaryl/α,β-unsaturated/α-hetero) is 1. The van der Waals surface area contributed by atoms with E-state index in [1.165, 1.54) is 0 Å². The van der Waals surface area contributed by atoms with Gasteiger partial charge in [-0.1, -0.05) is 17.7 Å². The first-order valence-corrected chi connectivity index (χ1v) is 13.6. The van der Waals surface area contributed by atoms with Crippen LogP contribution in [0, 0.1) is 0 Å². The second-order valence-electron chi connectivity index (χ2n) is 9.63. The molecule has 3 aromatic heterocycles. The number of ketones is 1. The molecule has 202 valence electrons. The molecule has 1 saturated heterocycles. The third kappa shape index (κ3) is 5.17. The second-order valence-corrected chi connectivity index (χ2v) is 10.0. The summed E-state index contributed by atoms with van der Waals surface area (Å²) in [5.41, 5.74) is 5.94. The molecule has 0 radical (unpaired) electrons. The summed E-state index contributed by atoms with van der Waals surface area (Å²) in [5, 5.41) is 3.94. The summed E-state index contributed by atoms with van der Waals surface area (Å²) >= 11 is 6.40. The monoisotopic (exact) mass is 547 g/mol. The van der Waals surface area contributed by atoms with Crippen molar-refractivity contribution in [1.82, 2.24) is 19.9 Å². The molecule has 0 unspecified atom stereocenters. The van der Waals surface area contributed by atoms with Gasteiger partial charge >= 0.3 is 0 Å². The molecule has 0 atom stereocenters. The van der Waals surface area contributed by atoms with Crippen LogP contribution >= 0.6 is 11.6 Å². The molecule has 39 heavy (non-hydrogen) atoms. The smallest absolute Gasteiger partial charge is 0.213 e. The van der Waals surface area contributed by atoms with E-state index < -0.39 is 0 Å². The lowest BCUT2D eigenvalue weighted by Crippen LogP contribution is -2.38. The highest BCUT2D eigenvalue weighted by Crippen LogP contribution is 2.43. The van der Waals surface area contributed by atoms with Crippen molar-refractivity contribution in [1.29, 1.82) is 0 Å². The normalized spacial score (nSPS) is 15.8. The number of halogens is 1. The molecular weight excluding hydrogens is 518 g/mol. The van der Waals surface area contributed by atoms with Crippen LogP contribution < -0.4 is 14.8 Å². The van der Waals surface area contributed by atoms with Crippen LogP contribution in [-0.2, 0) is 11.2 Å². The third-order valence-electron chi connectivity index (χ3n) is 7.21. The van der Waals surface area contributed by atoms with Crippen molar-refractivity contribution in [3.63, 3.8) is 0 Å². The van der Waals surface area contributed by atoms with Gasteiger partial charge in [-0.2, -0.15) is 0 Å². The molecule has 10 heteroatoms. The Labute approximate surface area is 231 Å². The van der Waals surface area contributed by atoms with E-state index in [-0.39, 0.29) is 5.78 Å². The van der Waals surface area contributed by atoms with Gasteiger partial charge in [0.25, 0.3) is 0 Å². The number of hydrogen-bond donors (Lipinski definition) is 2. The fourth-order valence-corrected chi connectivity index (χ4v) is 5.52. The Kier molecular flexibility index (Phi) is 7.36. The van der Waals surface area contributed by atoms with Crippen molar-refractivity contribution in [2.24, 2.45) is 0 Å². The Hall–Kier alpha value is -3.66. The third-order valence-corrected chi connectivity index (χ3v) is 7.50. The number of nitrogens with one attached hydrogen (secondary N) is 2. The highest BCUT2D eigenvalue weighted by atomic mass is 35.5. The van der Waals surface area contributed by atoms with Gasteiger partial charge in [0.2, 0.25) is 5.88 Å². The van der Waals surface area contributed by atoms with Gasteiger partial charge in [-0.25, -0.2) is 4.98 Å². The number of H-pyrrole nitrogens is 1. The number of aromatic amines is 1. The number of aromatic nitrogens is 3. The van der Waals surface area contributed by atoms with Gasteiger partial charge in [0, 0.05) is 49.6 Å². The number of carbonyl (C=O) groups is 1. The molecule has 0 saturated carbocycles. The average Bonchev–Trinajstić information content (AvgIpc) is 3.32. The Morgan fingerprint density at radius 3 is 2.87 bits per heavy atom. The quantitative estimate of drug-likeness (QED) is 0.308. The van der Waals surface area contributed by atoms with E-state index in [9.17, 15) is 4.79 Å². The standard InChI is InChI=1S/C29H30ClN5O4/c1-37-29-19(30)4-2-6-22(29)33-28-25-20(5-3-7-23(25)36)32-27(28)18-10-11-31-21-8-9-24(34-26(18)21)39-17-14-35-12-15-38-16-13-35/h2,4,6,8-11,32-33H,3,5,7,12-17H2,1H3. The summed E-state index contributed by atoms with van der Waals surface area (Å²) in [6.45, 7) is 4.66. The highest BCUT2D eigenvalue weighted by Gasteiger charge is 2.28. The van der Waals surface area contributed by atoms with Crippen molar-refractivity contribution < 1.29 is 19.0 Å². The summed E-state index contributed by atoms with van der Waals surface area (Å²) in [6.07, 6.45) is 3.85. The lowest BCUT2D eigenvalue weighted by atomic mass is 9.94. The Balaban J connectivity index is 1.39. The van der Waals surface area contributed by atoms with Crippen molar-refractivity contribution in [2.45, 2.75) is 19.3 Å². The van der Waals surface area contributed by atoms with Crippen molar-refractivity contribution in [2.75, 3.05) is 51.9 Å². The molecule has 4 aromatic rings. The number of carbonyl (C=O) groups excluding carboxylic acids is 1. The van der Waals surface area contributed by atoms with Crippen LogP contribution in [0.15, 0.2) is 42.6 Å². The molecule has 1 aromatic carbocycles. The minimum atomic E-state index is 0.0979. The first-order chi connectivity index (χ1) is 19.1. The van der Waals surface area contributed by atoms with Crippen LogP contribution in [0.2, 0.25) is 5.02 Å². The molecule has 1 fully saturated rings. The van der Waals surface area contributed by atoms with Gasteiger partial charge in [-0.15, -0.1) is 0 Å². The van der Waals surface area contributed by atoms with E-state index in [1.807, 2.05) is 30.3 Å². The number of fused-ring (bicyclic) bond motifs is 2. The van der Waals surface area contributed by atoms with Crippen LogP contribution in [0.25, 0.3) is 22.3 Å². The van der Waals surface area contributed by atoms with Crippen molar-refractivity contribution in [3.05, 3.63) is 58.9 Å². The summed E-state index contributed by atoms with van der Waals surface area (Å²) in [6, 6.07) is 11.2. The second kappa shape index (κ2) is 11.2. The zero-order chi connectivity index (χ0) is 26.8. The Bertz CT molecular complexity index is 1520. The number of benzene rings is 1. The minimum absolute atomic E-state index is 0.0979. The maximum absolute atomic E-state index is 13.2. The molecule has 0 bridgehead atoms. The molecule has 0 amide bonds. The van der Waals surface area contributed by atoms with Crippen LogP contribution in [0.5, 0.6) is 11.6 Å². The number of methoxy groups -OCH3 is 1. The van der Waals surface area contributed by atoms with E-state index in [1.54, 1.807) is 19.4 Å². The molecule has 4 heterocycles. The number of aryl methyl sites for hydroxylation is 1. The number of morpholine rings is 1. The number of para-hydroxylation sites is 1. The Morgan fingerprint density at radius 1 is 1.15 bits per heavy atom. The zero-order valence-corrected chi connectivity index (χ0v) is 22.5. The van der Waals surface area contributed by atoms with E-state index in [0.717, 1.165) is 68.2 Å². The fourth-order valence-electron chi connectivity index (χ4n) is 5.27. The van der Waals surface area contributed by atoms with Crippen molar-refractivity contribution >= 4 is 39.8 Å². The predicted molar refractivity (Wildman–Crippen MR) is 151 cm³/mol. The number of nitrogens with zero attached hydrogens (tertiary/aromatic N) is 3. The highest BCUT2D eigenvalue weighted by molar-refractivity contribution is 6.32. The number of rotatable bonds is 8. The zero-order valence-electron chi connectivity index (χ0n) is 21.8. The molecule has 1 aliphatic carbocycles. The van der Waals surface area contributed by atoms with Gasteiger partial charge in [-0.05, 0) is 37.1 Å². The van der Waals surface area contributed by atoms with E-state index >= 15 is 0 Å². The first-order valence-electron chi connectivity index (χ1n) is 13.2. The maximum atomic E-state index is 13.2. The summed E-state index contributed by atoms with van der Waals surface area (Å²) < 4.78 is 17.0. The topological polar surface area (TPSA) is 102 Å². The minimum Gasteiger partial charge on any atom is -0.493 e. The van der Waals surface area contributed by atoms with Crippen LogP contribution in [0.3, 0.4) is 0 Å². The molecule has 6 rings (SSSR count). The average molecular weight is 548 g/mol. The van der Waals surface area contributed by atoms with Gasteiger partial charge < -0.3 is 24.5 Å². The van der Waals surface area contributed by atoms with Gasteiger partial charge in [-0.3, -0.25) is 14.7 Å². The van der Waals surface area contributed by atoms with Crippen LogP contribution in [0.4, 0.5) is 11.4 Å². The van der Waals surface area contributed by atoms with E-state index in [2.05, 4.69) is 20.2 Å². The number of hydrogen-bond acceptors (Lipinski definition) is 8. The Morgan fingerprint density at radius 2 is 2.03 bits per heavy atom. The molecule has 1 aliphatic heterocycles.